The van der Waals surface area contributed by atoms with Crippen LogP contribution in [0.15, 0.2) is 61.1 Å². The molecule has 0 aliphatic rings. The third-order valence-electron chi connectivity index (χ3n) is 6.49. The fraction of sp³-hybridized carbons (Fsp3) is 0.312. The molecule has 4 N–H and O–H groups in total. The van der Waals surface area contributed by atoms with E-state index in [9.17, 15) is 4.79 Å². The second kappa shape index (κ2) is 16.0. The lowest BCUT2D eigenvalue weighted by Gasteiger charge is -2.09. The standard InChI is InChI=1S/C32H38N8O3/c1-23-6-10-27(30(41)37-28-12-8-24(9-13-28)19-34-15-14-33-2)18-26(23)11-7-25-20-35-32(36-21-25)38-29-22-40(16-5-17-42-3)39-31(29)43-4/h6,8-10,12-13,18,20-22,33-34H,5,14-17,19H2,1-4H3,(H,37,41)(H,35,36,38). The molecule has 43 heavy (non-hydrogen) atoms. The van der Waals surface area contributed by atoms with Crippen molar-refractivity contribution in [2.75, 3.05) is 51.6 Å². The third kappa shape index (κ3) is 9.37. The smallest absolute Gasteiger partial charge is 0.256 e. The van der Waals surface area contributed by atoms with Crippen molar-refractivity contribution in [3.63, 3.8) is 0 Å². The van der Waals surface area contributed by atoms with Gasteiger partial charge < -0.3 is 30.7 Å². The van der Waals surface area contributed by atoms with Gasteiger partial charge in [-0.3, -0.25) is 9.48 Å². The van der Waals surface area contributed by atoms with E-state index in [0.717, 1.165) is 48.4 Å². The SMILES string of the molecule is CNCCNCc1ccc(NC(=O)c2ccc(C)c(C#Cc3cnc(Nc4cn(CCCOC)nc4OC)nc3)c2)cc1. The minimum Gasteiger partial charge on any atom is -0.478 e. The minimum absolute atomic E-state index is 0.195. The summed E-state index contributed by atoms with van der Waals surface area (Å²) < 4.78 is 12.3. The molecule has 4 rings (SSSR count). The van der Waals surface area contributed by atoms with Crippen LogP contribution in [0.2, 0.25) is 0 Å². The number of benzene rings is 2. The molecule has 0 fully saturated rings. The second-order valence-corrected chi connectivity index (χ2v) is 9.79. The number of amides is 1. The molecule has 0 saturated carbocycles. The van der Waals surface area contributed by atoms with E-state index in [1.54, 1.807) is 43.4 Å². The monoisotopic (exact) mass is 582 g/mol. The highest BCUT2D eigenvalue weighted by atomic mass is 16.5. The zero-order valence-electron chi connectivity index (χ0n) is 25.0. The predicted octanol–water partition coefficient (Wildman–Crippen LogP) is 3.73. The lowest BCUT2D eigenvalue weighted by molar-refractivity contribution is 0.102. The molecule has 1 amide bonds. The fourth-order valence-electron chi connectivity index (χ4n) is 4.10. The molecule has 0 saturated heterocycles. The van der Waals surface area contributed by atoms with Crippen LogP contribution in [-0.4, -0.2) is 66.6 Å². The van der Waals surface area contributed by atoms with Gasteiger partial charge in [0.05, 0.1) is 18.9 Å². The highest BCUT2D eigenvalue weighted by molar-refractivity contribution is 6.04. The molecule has 2 heterocycles. The number of aromatic nitrogens is 4. The minimum atomic E-state index is -0.195. The van der Waals surface area contributed by atoms with Gasteiger partial charge in [-0.25, -0.2) is 9.97 Å². The summed E-state index contributed by atoms with van der Waals surface area (Å²) >= 11 is 0. The molecule has 4 aromatic rings. The van der Waals surface area contributed by atoms with Crippen LogP contribution < -0.4 is 26.0 Å². The Bertz CT molecular complexity index is 1540. The number of carbonyl (C=O) groups is 1. The van der Waals surface area contributed by atoms with Crippen molar-refractivity contribution in [1.29, 1.82) is 0 Å². The maximum Gasteiger partial charge on any atom is 0.256 e. The lowest BCUT2D eigenvalue weighted by Crippen LogP contribution is -2.24. The van der Waals surface area contributed by atoms with Gasteiger partial charge in [0.1, 0.15) is 5.69 Å². The Hall–Kier alpha value is -4.76. The summed E-state index contributed by atoms with van der Waals surface area (Å²) in [6, 6.07) is 13.3. The zero-order valence-corrected chi connectivity index (χ0v) is 25.0. The van der Waals surface area contributed by atoms with Crippen molar-refractivity contribution in [2.24, 2.45) is 0 Å². The highest BCUT2D eigenvalue weighted by Gasteiger charge is 2.11. The number of carbonyl (C=O) groups excluding carboxylic acids is 1. The van der Waals surface area contributed by atoms with Gasteiger partial charge in [0.2, 0.25) is 5.95 Å². The van der Waals surface area contributed by atoms with Crippen LogP contribution in [0.5, 0.6) is 5.88 Å². The molecular formula is C32H38N8O3. The second-order valence-electron chi connectivity index (χ2n) is 9.79. The van der Waals surface area contributed by atoms with E-state index in [1.807, 2.05) is 50.5 Å². The number of hydrogen-bond donors (Lipinski definition) is 4. The first-order valence-corrected chi connectivity index (χ1v) is 14.1. The normalized spacial score (nSPS) is 10.6. The number of nitrogens with zero attached hydrogens (tertiary/aromatic N) is 4. The molecule has 11 nitrogen and oxygen atoms in total. The Morgan fingerprint density at radius 1 is 1.02 bits per heavy atom. The average Bonchev–Trinajstić information content (AvgIpc) is 3.41. The Morgan fingerprint density at radius 3 is 2.53 bits per heavy atom. The summed E-state index contributed by atoms with van der Waals surface area (Å²) in [5.74, 6) is 6.91. The van der Waals surface area contributed by atoms with E-state index in [2.05, 4.69) is 48.2 Å². The first-order chi connectivity index (χ1) is 21.0. The number of aryl methyl sites for hydroxylation is 2. The maximum absolute atomic E-state index is 13.0. The van der Waals surface area contributed by atoms with E-state index in [0.29, 0.717) is 41.8 Å². The third-order valence-corrected chi connectivity index (χ3v) is 6.49. The Kier molecular flexibility index (Phi) is 11.6. The van der Waals surface area contributed by atoms with Gasteiger partial charge in [-0.2, -0.15) is 0 Å². The average molecular weight is 583 g/mol. The molecule has 0 bridgehead atoms. The molecule has 2 aromatic carbocycles. The van der Waals surface area contributed by atoms with E-state index in [1.165, 1.54) is 0 Å². The summed E-state index contributed by atoms with van der Waals surface area (Å²) in [6.45, 7) is 5.89. The molecule has 11 heteroatoms. The van der Waals surface area contributed by atoms with E-state index in [4.69, 9.17) is 9.47 Å². The molecule has 224 valence electrons. The van der Waals surface area contributed by atoms with E-state index in [-0.39, 0.29) is 5.91 Å². The Morgan fingerprint density at radius 2 is 1.81 bits per heavy atom. The van der Waals surface area contributed by atoms with Crippen LogP contribution in [0.25, 0.3) is 0 Å². The van der Waals surface area contributed by atoms with Gasteiger partial charge >= 0.3 is 0 Å². The summed E-state index contributed by atoms with van der Waals surface area (Å²) in [6.07, 6.45) is 5.96. The van der Waals surface area contributed by atoms with E-state index >= 15 is 0 Å². The molecular weight excluding hydrogens is 544 g/mol. The highest BCUT2D eigenvalue weighted by Crippen LogP contribution is 2.24. The first-order valence-electron chi connectivity index (χ1n) is 14.1. The van der Waals surface area contributed by atoms with Crippen molar-refractivity contribution >= 4 is 23.2 Å². The topological polar surface area (TPSA) is 127 Å². The van der Waals surface area contributed by atoms with Gasteiger partial charge in [0.25, 0.3) is 11.8 Å². The van der Waals surface area contributed by atoms with Crippen molar-refractivity contribution in [3.8, 4) is 17.7 Å². The van der Waals surface area contributed by atoms with Crippen molar-refractivity contribution in [1.82, 2.24) is 30.4 Å². The predicted molar refractivity (Wildman–Crippen MR) is 168 cm³/mol. The molecule has 0 atom stereocenters. The number of nitrogens with one attached hydrogen (secondary N) is 4. The number of methoxy groups -OCH3 is 2. The number of rotatable bonds is 14. The zero-order chi connectivity index (χ0) is 30.4. The fourth-order valence-corrected chi connectivity index (χ4v) is 4.10. The Balaban J connectivity index is 1.37. The van der Waals surface area contributed by atoms with Crippen molar-refractivity contribution in [2.45, 2.75) is 26.4 Å². The Labute approximate surface area is 252 Å². The maximum atomic E-state index is 13.0. The largest absolute Gasteiger partial charge is 0.478 e. The van der Waals surface area contributed by atoms with E-state index < -0.39 is 0 Å². The van der Waals surface area contributed by atoms with Crippen molar-refractivity contribution < 1.29 is 14.3 Å². The van der Waals surface area contributed by atoms with Crippen LogP contribution in [0, 0.1) is 18.8 Å². The number of ether oxygens (including phenoxy) is 2. The molecule has 0 aliphatic carbocycles. The van der Waals surface area contributed by atoms with Gasteiger partial charge in [-0.15, -0.1) is 5.10 Å². The van der Waals surface area contributed by atoms with Gasteiger partial charge in [0.15, 0.2) is 0 Å². The van der Waals surface area contributed by atoms with Gasteiger partial charge in [0, 0.05) is 69.1 Å². The molecule has 0 radical (unpaired) electrons. The molecule has 2 aromatic heterocycles. The van der Waals surface area contributed by atoms with Crippen LogP contribution in [-0.2, 0) is 17.8 Å². The lowest BCUT2D eigenvalue weighted by atomic mass is 10.0. The van der Waals surface area contributed by atoms with Crippen LogP contribution in [0.4, 0.5) is 17.3 Å². The first kappa shape index (κ1) is 31.2. The van der Waals surface area contributed by atoms with Gasteiger partial charge in [-0.05, 0) is 55.8 Å². The molecule has 0 unspecified atom stereocenters. The molecule has 0 aliphatic heterocycles. The summed E-state index contributed by atoms with van der Waals surface area (Å²) in [5.41, 5.74) is 5.44. The number of likely N-dealkylation sites (N-methyl/N-ethyl adjacent to an activating group) is 1. The van der Waals surface area contributed by atoms with Crippen LogP contribution in [0.1, 0.15) is 39.0 Å². The number of hydrogen-bond acceptors (Lipinski definition) is 9. The summed E-state index contributed by atoms with van der Waals surface area (Å²) in [7, 11) is 5.17. The van der Waals surface area contributed by atoms with Crippen LogP contribution in [0.3, 0.4) is 0 Å². The van der Waals surface area contributed by atoms with Crippen molar-refractivity contribution in [3.05, 3.63) is 88.9 Å². The van der Waals surface area contributed by atoms with Gasteiger partial charge in [-0.1, -0.05) is 30.0 Å². The number of anilines is 3. The molecule has 0 spiro atoms. The van der Waals surface area contributed by atoms with Crippen LogP contribution >= 0.6 is 0 Å². The summed E-state index contributed by atoms with van der Waals surface area (Å²) in [4.78, 5) is 21.7. The summed E-state index contributed by atoms with van der Waals surface area (Å²) in [5, 5.41) is 17.0. The quantitative estimate of drug-likeness (QED) is 0.130.